The first-order chi connectivity index (χ1) is 10.4. The van der Waals surface area contributed by atoms with Crippen LogP contribution in [0.25, 0.3) is 0 Å². The number of carbonyl (C=O) groups excluding carboxylic acids is 2. The van der Waals surface area contributed by atoms with Crippen LogP contribution in [-0.4, -0.2) is 42.3 Å². The minimum absolute atomic E-state index is 0.126. The maximum absolute atomic E-state index is 14.1. The van der Waals surface area contributed by atoms with Gasteiger partial charge in [0.15, 0.2) is 0 Å². The van der Waals surface area contributed by atoms with E-state index >= 15 is 0 Å². The van der Waals surface area contributed by atoms with Gasteiger partial charge >= 0.3 is 0 Å². The summed E-state index contributed by atoms with van der Waals surface area (Å²) in [5.74, 6) is -3.59. The van der Waals surface area contributed by atoms with Crippen molar-refractivity contribution in [2.45, 2.75) is 50.9 Å². The number of likely N-dealkylation sites (tertiary alicyclic amines) is 1. The van der Waals surface area contributed by atoms with E-state index in [2.05, 4.69) is 11.4 Å². The summed E-state index contributed by atoms with van der Waals surface area (Å²) in [7, 11) is 0. The SMILES string of the molecule is O=C(CC1=CCCCC1)N1CC(F)(F)C[C@@]2(CCNC2=O)C1. The Labute approximate surface area is 128 Å². The second kappa shape index (κ2) is 5.63. The molecule has 6 heteroatoms. The number of nitrogens with one attached hydrogen (secondary N) is 1. The van der Waals surface area contributed by atoms with Crippen LogP contribution in [0, 0.1) is 5.41 Å². The maximum atomic E-state index is 14.1. The molecule has 1 atom stereocenters. The van der Waals surface area contributed by atoms with Crippen LogP contribution in [0.15, 0.2) is 11.6 Å². The van der Waals surface area contributed by atoms with E-state index in [0.29, 0.717) is 13.0 Å². The lowest BCUT2D eigenvalue weighted by Gasteiger charge is -2.42. The average Bonchev–Trinajstić information content (AvgIpc) is 2.78. The zero-order valence-electron chi connectivity index (χ0n) is 12.7. The lowest BCUT2D eigenvalue weighted by atomic mass is 9.77. The highest BCUT2D eigenvalue weighted by molar-refractivity contribution is 5.87. The van der Waals surface area contributed by atoms with Crippen molar-refractivity contribution in [3.05, 3.63) is 11.6 Å². The smallest absolute Gasteiger partial charge is 0.266 e. The summed E-state index contributed by atoms with van der Waals surface area (Å²) in [5, 5.41) is 2.64. The minimum atomic E-state index is -2.99. The van der Waals surface area contributed by atoms with E-state index in [4.69, 9.17) is 0 Å². The van der Waals surface area contributed by atoms with Gasteiger partial charge in [-0.3, -0.25) is 9.59 Å². The third-order valence-corrected chi connectivity index (χ3v) is 5.00. The molecule has 0 unspecified atom stereocenters. The van der Waals surface area contributed by atoms with Crippen molar-refractivity contribution in [1.82, 2.24) is 10.2 Å². The highest BCUT2D eigenvalue weighted by Gasteiger charge is 2.55. The van der Waals surface area contributed by atoms with E-state index in [1.807, 2.05) is 0 Å². The van der Waals surface area contributed by atoms with Crippen LogP contribution in [0.2, 0.25) is 0 Å². The van der Waals surface area contributed by atoms with E-state index in [1.54, 1.807) is 0 Å². The number of halogens is 2. The number of amides is 2. The molecule has 2 fully saturated rings. The van der Waals surface area contributed by atoms with Crippen molar-refractivity contribution in [1.29, 1.82) is 0 Å². The Morgan fingerprint density at radius 2 is 2.14 bits per heavy atom. The summed E-state index contributed by atoms with van der Waals surface area (Å²) in [6, 6.07) is 0. The van der Waals surface area contributed by atoms with Gasteiger partial charge in [-0.05, 0) is 32.1 Å². The summed E-state index contributed by atoms with van der Waals surface area (Å²) >= 11 is 0. The van der Waals surface area contributed by atoms with E-state index in [0.717, 1.165) is 31.3 Å². The van der Waals surface area contributed by atoms with Gasteiger partial charge in [0.2, 0.25) is 11.8 Å². The molecule has 2 amide bonds. The molecule has 0 aromatic rings. The van der Waals surface area contributed by atoms with Crippen LogP contribution >= 0.6 is 0 Å². The van der Waals surface area contributed by atoms with Crippen LogP contribution in [0.3, 0.4) is 0 Å². The van der Waals surface area contributed by atoms with E-state index in [-0.39, 0.29) is 24.8 Å². The van der Waals surface area contributed by atoms with Gasteiger partial charge in [-0.2, -0.15) is 0 Å². The van der Waals surface area contributed by atoms with E-state index < -0.39 is 24.3 Å². The van der Waals surface area contributed by atoms with E-state index in [1.165, 1.54) is 4.90 Å². The fraction of sp³-hybridized carbons (Fsp3) is 0.750. The third-order valence-electron chi connectivity index (χ3n) is 5.00. The lowest BCUT2D eigenvalue weighted by molar-refractivity contribution is -0.159. The van der Waals surface area contributed by atoms with Gasteiger partial charge in [0.05, 0.1) is 12.0 Å². The molecular formula is C16H22F2N2O2. The zero-order valence-corrected chi connectivity index (χ0v) is 12.7. The Morgan fingerprint density at radius 1 is 1.32 bits per heavy atom. The molecule has 0 saturated carbocycles. The van der Waals surface area contributed by atoms with Crippen LogP contribution in [0.5, 0.6) is 0 Å². The highest BCUT2D eigenvalue weighted by atomic mass is 19.3. The number of piperidine rings is 1. The first-order valence-electron chi connectivity index (χ1n) is 8.02. The third kappa shape index (κ3) is 3.01. The van der Waals surface area contributed by atoms with Gasteiger partial charge in [-0.15, -0.1) is 0 Å². The molecule has 2 aliphatic heterocycles. The van der Waals surface area contributed by atoms with Crippen molar-refractivity contribution in [2.75, 3.05) is 19.6 Å². The number of alkyl halides is 2. The predicted molar refractivity (Wildman–Crippen MR) is 77.4 cm³/mol. The molecular weight excluding hydrogens is 290 g/mol. The fourth-order valence-corrected chi connectivity index (χ4v) is 3.89. The Balaban J connectivity index is 1.73. The maximum Gasteiger partial charge on any atom is 0.266 e. The second-order valence-electron chi connectivity index (χ2n) is 6.85. The molecule has 0 aromatic heterocycles. The molecule has 4 nitrogen and oxygen atoms in total. The highest BCUT2D eigenvalue weighted by Crippen LogP contribution is 2.43. The largest absolute Gasteiger partial charge is 0.356 e. The number of hydrogen-bond acceptors (Lipinski definition) is 2. The van der Waals surface area contributed by atoms with Crippen LogP contribution in [-0.2, 0) is 9.59 Å². The fourth-order valence-electron chi connectivity index (χ4n) is 3.89. The Bertz CT molecular complexity index is 518. The van der Waals surface area contributed by atoms with Crippen molar-refractivity contribution in [3.8, 4) is 0 Å². The van der Waals surface area contributed by atoms with Crippen molar-refractivity contribution in [3.63, 3.8) is 0 Å². The Morgan fingerprint density at radius 3 is 2.77 bits per heavy atom. The van der Waals surface area contributed by atoms with Gasteiger partial charge in [0, 0.05) is 25.9 Å². The van der Waals surface area contributed by atoms with Gasteiger partial charge in [-0.1, -0.05) is 11.6 Å². The molecule has 2 heterocycles. The first kappa shape index (κ1) is 15.4. The number of hydrogen-bond donors (Lipinski definition) is 1. The van der Waals surface area contributed by atoms with Gasteiger partial charge in [-0.25, -0.2) is 8.78 Å². The summed E-state index contributed by atoms with van der Waals surface area (Å²) in [6.45, 7) is -0.0171. The molecule has 1 spiro atoms. The topological polar surface area (TPSA) is 49.4 Å². The predicted octanol–water partition coefficient (Wildman–Crippen LogP) is 2.25. The molecule has 0 aromatic carbocycles. The quantitative estimate of drug-likeness (QED) is 0.795. The number of carbonyl (C=O) groups is 2. The van der Waals surface area contributed by atoms with Crippen LogP contribution in [0.1, 0.15) is 44.9 Å². The Hall–Kier alpha value is -1.46. The number of allylic oxidation sites excluding steroid dienone is 1. The van der Waals surface area contributed by atoms with Crippen LogP contribution < -0.4 is 5.32 Å². The van der Waals surface area contributed by atoms with Gasteiger partial charge < -0.3 is 10.2 Å². The first-order valence-corrected chi connectivity index (χ1v) is 8.02. The number of nitrogens with zero attached hydrogens (tertiary/aromatic N) is 1. The molecule has 0 radical (unpaired) electrons. The lowest BCUT2D eigenvalue weighted by Crippen LogP contribution is -2.56. The molecule has 1 N–H and O–H groups in total. The van der Waals surface area contributed by atoms with Crippen molar-refractivity contribution in [2.24, 2.45) is 5.41 Å². The van der Waals surface area contributed by atoms with Gasteiger partial charge in [0.1, 0.15) is 0 Å². The molecule has 1 aliphatic carbocycles. The number of rotatable bonds is 2. The van der Waals surface area contributed by atoms with E-state index in [9.17, 15) is 18.4 Å². The monoisotopic (exact) mass is 312 g/mol. The molecule has 2 saturated heterocycles. The summed E-state index contributed by atoms with van der Waals surface area (Å²) in [6.07, 6.45) is 6.23. The zero-order chi connectivity index (χ0) is 15.8. The van der Waals surface area contributed by atoms with Gasteiger partial charge in [0.25, 0.3) is 5.92 Å². The average molecular weight is 312 g/mol. The molecule has 22 heavy (non-hydrogen) atoms. The summed E-state index contributed by atoms with van der Waals surface area (Å²) < 4.78 is 28.1. The normalized spacial score (nSPS) is 31.1. The van der Waals surface area contributed by atoms with Crippen LogP contribution in [0.4, 0.5) is 8.78 Å². The Kier molecular flexibility index (Phi) is 3.95. The second-order valence-corrected chi connectivity index (χ2v) is 6.85. The summed E-state index contributed by atoms with van der Waals surface area (Å²) in [4.78, 5) is 25.6. The molecule has 122 valence electrons. The minimum Gasteiger partial charge on any atom is -0.356 e. The standard InChI is InChI=1S/C16H22F2N2O2/c17-16(18)9-15(6-7-19-14(15)22)10-20(11-16)13(21)8-12-4-2-1-3-5-12/h4H,1-3,5-11H2,(H,19,22)/t15-/m0/s1. The summed E-state index contributed by atoms with van der Waals surface area (Å²) in [5.41, 5.74) is -0.0479. The molecule has 3 rings (SSSR count). The van der Waals surface area contributed by atoms with Crippen molar-refractivity contribution < 1.29 is 18.4 Å². The van der Waals surface area contributed by atoms with Crippen molar-refractivity contribution >= 4 is 11.8 Å². The molecule has 0 bridgehead atoms. The molecule has 3 aliphatic rings.